The maximum atomic E-state index is 11.0. The molecule has 0 aromatic rings. The quantitative estimate of drug-likeness (QED) is 0.748. The lowest BCUT2D eigenvalue weighted by molar-refractivity contribution is -0.117. The van der Waals surface area contributed by atoms with E-state index in [9.17, 15) is 4.79 Å². The molecule has 2 nitrogen and oxygen atoms in total. The van der Waals surface area contributed by atoms with E-state index >= 15 is 0 Å². The second-order valence-electron chi connectivity index (χ2n) is 6.11. The molecule has 98 valence electrons. The van der Waals surface area contributed by atoms with Crippen molar-refractivity contribution in [3.05, 3.63) is 0 Å². The van der Waals surface area contributed by atoms with Gasteiger partial charge in [-0.25, -0.2) is 0 Å². The number of methoxy groups -OCH3 is 1. The van der Waals surface area contributed by atoms with Crippen LogP contribution in [0.25, 0.3) is 0 Å². The lowest BCUT2D eigenvalue weighted by Crippen LogP contribution is -2.33. The number of ether oxygens (including phenoxy) is 1. The molecule has 2 heteroatoms. The fourth-order valence-electron chi connectivity index (χ4n) is 3.83. The molecular formula is C15H26O2. The van der Waals surface area contributed by atoms with Gasteiger partial charge in [0.1, 0.15) is 5.78 Å². The van der Waals surface area contributed by atoms with Gasteiger partial charge >= 0.3 is 0 Å². The summed E-state index contributed by atoms with van der Waals surface area (Å²) < 4.78 is 5.50. The first-order valence-electron chi connectivity index (χ1n) is 7.21. The third-order valence-corrected chi connectivity index (χ3v) is 4.91. The number of carbonyl (C=O) groups is 1. The third-order valence-electron chi connectivity index (χ3n) is 4.91. The molecule has 0 radical (unpaired) electrons. The van der Waals surface area contributed by atoms with E-state index in [1.54, 1.807) is 6.92 Å². The first-order chi connectivity index (χ1) is 8.19. The summed E-state index contributed by atoms with van der Waals surface area (Å²) in [4.78, 5) is 11.0. The molecule has 4 atom stereocenters. The van der Waals surface area contributed by atoms with Gasteiger partial charge in [-0.2, -0.15) is 0 Å². The van der Waals surface area contributed by atoms with Crippen LogP contribution in [0.3, 0.4) is 0 Å². The SMILES string of the molecule is COC1CCC2CC(CCC(C)=O)CCC2C1. The summed E-state index contributed by atoms with van der Waals surface area (Å²) in [7, 11) is 1.85. The molecule has 2 fully saturated rings. The first-order valence-corrected chi connectivity index (χ1v) is 7.21. The van der Waals surface area contributed by atoms with Crippen LogP contribution in [-0.4, -0.2) is 19.0 Å². The smallest absolute Gasteiger partial charge is 0.129 e. The molecule has 4 unspecified atom stereocenters. The van der Waals surface area contributed by atoms with Gasteiger partial charge in [0, 0.05) is 13.5 Å². The Bertz CT molecular complexity index is 262. The predicted molar refractivity (Wildman–Crippen MR) is 68.9 cm³/mol. The Morgan fingerprint density at radius 1 is 1.12 bits per heavy atom. The van der Waals surface area contributed by atoms with E-state index in [0.29, 0.717) is 11.9 Å². The summed E-state index contributed by atoms with van der Waals surface area (Å²) in [6.07, 6.45) is 10.4. The lowest BCUT2D eigenvalue weighted by atomic mass is 9.66. The largest absolute Gasteiger partial charge is 0.381 e. The average molecular weight is 238 g/mol. The molecule has 2 rings (SSSR count). The van der Waals surface area contributed by atoms with E-state index in [1.807, 2.05) is 7.11 Å². The molecule has 0 aliphatic heterocycles. The molecule has 2 saturated carbocycles. The van der Waals surface area contributed by atoms with E-state index < -0.39 is 0 Å². The van der Waals surface area contributed by atoms with Gasteiger partial charge in [-0.15, -0.1) is 0 Å². The number of fused-ring (bicyclic) bond motifs is 1. The van der Waals surface area contributed by atoms with Gasteiger partial charge in [-0.3, -0.25) is 0 Å². The first kappa shape index (κ1) is 13.1. The zero-order valence-electron chi connectivity index (χ0n) is 11.3. The summed E-state index contributed by atoms with van der Waals surface area (Å²) in [6.45, 7) is 1.72. The van der Waals surface area contributed by atoms with E-state index in [4.69, 9.17) is 4.74 Å². The van der Waals surface area contributed by atoms with Crippen LogP contribution in [-0.2, 0) is 9.53 Å². The molecule has 2 aliphatic carbocycles. The Hall–Kier alpha value is -0.370. The molecular weight excluding hydrogens is 212 g/mol. The fourth-order valence-corrected chi connectivity index (χ4v) is 3.83. The minimum absolute atomic E-state index is 0.357. The second kappa shape index (κ2) is 5.99. The van der Waals surface area contributed by atoms with Crippen molar-refractivity contribution in [2.24, 2.45) is 17.8 Å². The maximum Gasteiger partial charge on any atom is 0.129 e. The van der Waals surface area contributed by atoms with Crippen molar-refractivity contribution in [2.75, 3.05) is 7.11 Å². The van der Waals surface area contributed by atoms with Gasteiger partial charge in [-0.05, 0) is 63.2 Å². The second-order valence-corrected chi connectivity index (χ2v) is 6.11. The summed E-state index contributed by atoms with van der Waals surface area (Å²) in [5.74, 6) is 3.00. The number of ketones is 1. The Kier molecular flexibility index (Phi) is 4.61. The van der Waals surface area contributed by atoms with Crippen LogP contribution < -0.4 is 0 Å². The van der Waals surface area contributed by atoms with E-state index in [1.165, 1.54) is 38.5 Å². The number of Topliss-reactive ketones (excluding diaryl/α,β-unsaturated/α-hetero) is 1. The highest BCUT2D eigenvalue weighted by atomic mass is 16.5. The van der Waals surface area contributed by atoms with Gasteiger partial charge in [0.15, 0.2) is 0 Å². The molecule has 0 spiro atoms. The van der Waals surface area contributed by atoms with Crippen molar-refractivity contribution in [1.82, 2.24) is 0 Å². The van der Waals surface area contributed by atoms with E-state index in [-0.39, 0.29) is 0 Å². The van der Waals surface area contributed by atoms with Crippen LogP contribution >= 0.6 is 0 Å². The zero-order chi connectivity index (χ0) is 12.3. The molecule has 0 saturated heterocycles. The minimum atomic E-state index is 0.357. The van der Waals surface area contributed by atoms with Gasteiger partial charge in [0.25, 0.3) is 0 Å². The monoisotopic (exact) mass is 238 g/mol. The summed E-state index contributed by atoms with van der Waals surface area (Å²) in [6, 6.07) is 0. The van der Waals surface area contributed by atoms with Gasteiger partial charge in [-0.1, -0.05) is 6.42 Å². The molecule has 2 aliphatic rings. The van der Waals surface area contributed by atoms with Crippen molar-refractivity contribution in [2.45, 2.75) is 64.4 Å². The van der Waals surface area contributed by atoms with Gasteiger partial charge in [0.05, 0.1) is 6.10 Å². The number of hydrogen-bond donors (Lipinski definition) is 0. The molecule has 0 amide bonds. The summed E-state index contributed by atoms with van der Waals surface area (Å²) in [5, 5.41) is 0. The van der Waals surface area contributed by atoms with Crippen LogP contribution in [0.1, 0.15) is 58.3 Å². The highest BCUT2D eigenvalue weighted by Gasteiger charge is 2.35. The molecule has 0 bridgehead atoms. The van der Waals surface area contributed by atoms with Gasteiger partial charge in [0.2, 0.25) is 0 Å². The third kappa shape index (κ3) is 3.54. The van der Waals surface area contributed by atoms with Crippen molar-refractivity contribution < 1.29 is 9.53 Å². The molecule has 17 heavy (non-hydrogen) atoms. The number of rotatable bonds is 4. The van der Waals surface area contributed by atoms with E-state index in [2.05, 4.69) is 0 Å². The zero-order valence-corrected chi connectivity index (χ0v) is 11.3. The maximum absolute atomic E-state index is 11.0. The highest BCUT2D eigenvalue weighted by Crippen LogP contribution is 2.44. The molecule has 0 aromatic carbocycles. The van der Waals surface area contributed by atoms with Crippen LogP contribution in [0, 0.1) is 17.8 Å². The van der Waals surface area contributed by atoms with Crippen LogP contribution in [0.4, 0.5) is 0 Å². The molecule has 0 heterocycles. The summed E-state index contributed by atoms with van der Waals surface area (Å²) >= 11 is 0. The topological polar surface area (TPSA) is 26.3 Å². The molecule has 0 aromatic heterocycles. The van der Waals surface area contributed by atoms with Crippen LogP contribution in [0.15, 0.2) is 0 Å². The normalized spacial score (nSPS) is 37.5. The van der Waals surface area contributed by atoms with Crippen LogP contribution in [0.5, 0.6) is 0 Å². The minimum Gasteiger partial charge on any atom is -0.381 e. The van der Waals surface area contributed by atoms with Crippen LogP contribution in [0.2, 0.25) is 0 Å². The number of hydrogen-bond acceptors (Lipinski definition) is 2. The summed E-state index contributed by atoms with van der Waals surface area (Å²) in [5.41, 5.74) is 0. The van der Waals surface area contributed by atoms with Gasteiger partial charge < -0.3 is 9.53 Å². The predicted octanol–water partition coefficient (Wildman–Crippen LogP) is 3.59. The van der Waals surface area contributed by atoms with Crippen molar-refractivity contribution in [3.63, 3.8) is 0 Å². The van der Waals surface area contributed by atoms with Crippen molar-refractivity contribution in [3.8, 4) is 0 Å². The van der Waals surface area contributed by atoms with Crippen molar-refractivity contribution in [1.29, 1.82) is 0 Å². The van der Waals surface area contributed by atoms with Crippen molar-refractivity contribution >= 4 is 5.78 Å². The molecule has 0 N–H and O–H groups in total. The Morgan fingerprint density at radius 2 is 1.82 bits per heavy atom. The highest BCUT2D eigenvalue weighted by molar-refractivity contribution is 5.75. The fraction of sp³-hybridized carbons (Fsp3) is 0.933. The standard InChI is InChI=1S/C15H26O2/c1-11(16)3-4-12-5-6-14-10-15(17-2)8-7-13(14)9-12/h12-15H,3-10H2,1-2H3. The Labute approximate surface area is 105 Å². The average Bonchev–Trinajstić information content (AvgIpc) is 2.35. The Morgan fingerprint density at radius 3 is 2.53 bits per heavy atom. The Balaban J connectivity index is 1.78. The van der Waals surface area contributed by atoms with E-state index in [0.717, 1.165) is 30.6 Å². The number of carbonyl (C=O) groups excluding carboxylic acids is 1. The lowest BCUT2D eigenvalue weighted by Gasteiger charge is -2.41.